The van der Waals surface area contributed by atoms with Crippen LogP contribution in [0.1, 0.15) is 47.2 Å². The quantitative estimate of drug-likeness (QED) is 0.163. The number of nitrogens with zero attached hydrogens (tertiary/aromatic N) is 2. The van der Waals surface area contributed by atoms with E-state index in [-0.39, 0.29) is 16.8 Å². The molecule has 51 heavy (non-hydrogen) atoms. The number of nitrogens with one attached hydrogen (secondary N) is 1. The number of hydrogen-bond acceptors (Lipinski definition) is 6. The van der Waals surface area contributed by atoms with Crippen LogP contribution in [-0.4, -0.2) is 41.9 Å². The van der Waals surface area contributed by atoms with E-state index in [9.17, 15) is 9.59 Å². The number of ether oxygens (including phenoxy) is 2. The number of hydrogen-bond donors (Lipinski definition) is 2. The van der Waals surface area contributed by atoms with Crippen molar-refractivity contribution in [2.75, 3.05) is 37.5 Å². The molecule has 0 unspecified atom stereocenters. The van der Waals surface area contributed by atoms with Crippen molar-refractivity contribution >= 4 is 17.4 Å². The topological polar surface area (TPSA) is 108 Å². The lowest BCUT2D eigenvalue weighted by atomic mass is 9.91. The Labute approximate surface area is 297 Å². The highest BCUT2D eigenvalue weighted by Crippen LogP contribution is 2.32. The van der Waals surface area contributed by atoms with Gasteiger partial charge in [0, 0.05) is 73.9 Å². The molecule has 0 atom stereocenters. The Bertz CT molecular complexity index is 2070. The fourth-order valence-corrected chi connectivity index (χ4v) is 7.01. The zero-order valence-electron chi connectivity index (χ0n) is 28.9. The Hall–Kier alpha value is -5.12. The van der Waals surface area contributed by atoms with E-state index < -0.39 is 5.91 Å². The summed E-state index contributed by atoms with van der Waals surface area (Å²) >= 11 is 0. The van der Waals surface area contributed by atoms with Crippen LogP contribution < -0.4 is 16.5 Å². The van der Waals surface area contributed by atoms with Crippen molar-refractivity contribution in [2.45, 2.75) is 45.6 Å². The maximum absolute atomic E-state index is 15.2. The summed E-state index contributed by atoms with van der Waals surface area (Å²) in [5.74, 6) is 0.466. The maximum atomic E-state index is 15.2. The molecule has 2 aliphatic heterocycles. The summed E-state index contributed by atoms with van der Waals surface area (Å²) in [5, 5.41) is 2.92. The van der Waals surface area contributed by atoms with Crippen LogP contribution in [0.5, 0.6) is 0 Å². The minimum atomic E-state index is -0.479. The third kappa shape index (κ3) is 8.11. The van der Waals surface area contributed by atoms with Gasteiger partial charge in [-0.05, 0) is 97.4 Å². The van der Waals surface area contributed by atoms with Crippen LogP contribution in [-0.2, 0) is 22.4 Å². The first-order chi connectivity index (χ1) is 24.8. The molecule has 5 aromatic rings. The van der Waals surface area contributed by atoms with Crippen molar-refractivity contribution in [1.82, 2.24) is 9.55 Å². The van der Waals surface area contributed by atoms with E-state index in [1.165, 1.54) is 0 Å². The highest BCUT2D eigenvalue weighted by Gasteiger charge is 2.21. The summed E-state index contributed by atoms with van der Waals surface area (Å²) in [4.78, 5) is 31.8. The third-order valence-corrected chi connectivity index (χ3v) is 10.1. The number of amides is 1. The van der Waals surface area contributed by atoms with Crippen LogP contribution in [0.2, 0.25) is 0 Å². The van der Waals surface area contributed by atoms with Gasteiger partial charge in [-0.15, -0.1) is 0 Å². The van der Waals surface area contributed by atoms with Crippen LogP contribution in [0.4, 0.5) is 15.9 Å². The molecule has 262 valence electrons. The molecule has 0 saturated carbocycles. The maximum Gasteiger partial charge on any atom is 0.261 e. The lowest BCUT2D eigenvalue weighted by molar-refractivity contribution is 0.0612. The van der Waals surface area contributed by atoms with Gasteiger partial charge in [-0.3, -0.25) is 9.59 Å². The Morgan fingerprint density at radius 2 is 1.45 bits per heavy atom. The van der Waals surface area contributed by atoms with Gasteiger partial charge in [0.25, 0.3) is 5.91 Å². The second-order valence-electron chi connectivity index (χ2n) is 13.8. The van der Waals surface area contributed by atoms with Crippen LogP contribution in [0.15, 0.2) is 96.2 Å². The highest BCUT2D eigenvalue weighted by atomic mass is 19.1. The summed E-state index contributed by atoms with van der Waals surface area (Å²) < 4.78 is 28.2. The molecule has 2 saturated heterocycles. The molecule has 3 N–H and O–H groups in total. The second-order valence-corrected chi connectivity index (χ2v) is 13.8. The SMILES string of the molecule is Cc1ccc(-c2cn(CC3CCOCC3)cc(C(=O)Nc3ccc(-c4cc(-c5ccc(CC6CCOCC6)c(F)c5)cnc4N)cc3)c2=O)cc1. The first-order valence-electron chi connectivity index (χ1n) is 17.7. The number of pyridine rings is 2. The van der Waals surface area contributed by atoms with Gasteiger partial charge in [0.1, 0.15) is 17.2 Å². The lowest BCUT2D eigenvalue weighted by Crippen LogP contribution is -2.26. The second kappa shape index (κ2) is 15.4. The molecular formula is C42H43FN4O4. The number of rotatable bonds is 9. The van der Waals surface area contributed by atoms with E-state index in [2.05, 4.69) is 10.3 Å². The van der Waals surface area contributed by atoms with Crippen molar-refractivity contribution in [3.8, 4) is 33.4 Å². The van der Waals surface area contributed by atoms with E-state index in [0.717, 1.165) is 66.7 Å². The summed E-state index contributed by atoms with van der Waals surface area (Å²) in [5.41, 5.74) is 12.6. The smallest absolute Gasteiger partial charge is 0.261 e. The Balaban J connectivity index is 1.10. The highest BCUT2D eigenvalue weighted by molar-refractivity contribution is 6.04. The zero-order valence-corrected chi connectivity index (χ0v) is 28.9. The van der Waals surface area contributed by atoms with Crippen LogP contribution >= 0.6 is 0 Å². The van der Waals surface area contributed by atoms with Crippen LogP contribution in [0.3, 0.4) is 0 Å². The van der Waals surface area contributed by atoms with E-state index in [0.29, 0.717) is 66.2 Å². The number of benzene rings is 3. The minimum Gasteiger partial charge on any atom is -0.383 e. The van der Waals surface area contributed by atoms with E-state index >= 15 is 4.39 Å². The van der Waals surface area contributed by atoms with Gasteiger partial charge in [-0.25, -0.2) is 9.37 Å². The molecule has 7 rings (SSSR count). The van der Waals surface area contributed by atoms with Gasteiger partial charge >= 0.3 is 0 Å². The molecule has 9 heteroatoms. The molecule has 4 heterocycles. The molecule has 2 aliphatic rings. The summed E-state index contributed by atoms with van der Waals surface area (Å²) in [6.45, 7) is 5.59. The summed E-state index contributed by atoms with van der Waals surface area (Å²) in [6, 6.07) is 22.3. The molecule has 2 aromatic heterocycles. The molecule has 3 aromatic carbocycles. The number of nitrogen functional groups attached to an aromatic ring is 1. The van der Waals surface area contributed by atoms with Crippen molar-refractivity contribution < 1.29 is 18.7 Å². The van der Waals surface area contributed by atoms with Crippen molar-refractivity contribution in [3.05, 3.63) is 124 Å². The number of aromatic nitrogens is 2. The molecule has 0 radical (unpaired) electrons. The van der Waals surface area contributed by atoms with Crippen molar-refractivity contribution in [3.63, 3.8) is 0 Å². The van der Waals surface area contributed by atoms with Gasteiger partial charge in [0.2, 0.25) is 5.43 Å². The number of anilines is 2. The number of aryl methyl sites for hydroxylation is 1. The summed E-state index contributed by atoms with van der Waals surface area (Å²) in [6.07, 6.45) is 9.65. The van der Waals surface area contributed by atoms with Crippen molar-refractivity contribution in [1.29, 1.82) is 0 Å². The number of nitrogens with two attached hydrogens (primary N) is 1. The van der Waals surface area contributed by atoms with Gasteiger partial charge in [0.15, 0.2) is 0 Å². The molecular weight excluding hydrogens is 643 g/mol. The molecule has 0 aliphatic carbocycles. The standard InChI is InChI=1S/C42H43FN4O4/c1-27-2-4-31(5-3-27)37-25-47(24-29-14-18-51-19-15-29)26-38(40(37)48)42(49)46-35-10-8-30(9-11-35)36-21-34(23-45-41(36)44)32-6-7-33(39(43)22-32)20-28-12-16-50-17-13-28/h2-11,21-23,25-26,28-29H,12-20,24H2,1H3,(H2,44,45)(H,46,49). The van der Waals surface area contributed by atoms with E-state index in [1.807, 2.05) is 72.3 Å². The first-order valence-corrected chi connectivity index (χ1v) is 17.7. The van der Waals surface area contributed by atoms with Gasteiger partial charge in [0.05, 0.1) is 0 Å². The number of carbonyl (C=O) groups is 1. The Morgan fingerprint density at radius 1 is 0.824 bits per heavy atom. The number of halogens is 1. The van der Waals surface area contributed by atoms with E-state index in [4.69, 9.17) is 15.2 Å². The van der Waals surface area contributed by atoms with Crippen LogP contribution in [0, 0.1) is 24.6 Å². The number of carbonyl (C=O) groups excluding carboxylic acids is 1. The molecule has 0 spiro atoms. The minimum absolute atomic E-state index is 0.0800. The van der Waals surface area contributed by atoms with Gasteiger partial charge < -0.3 is 25.1 Å². The van der Waals surface area contributed by atoms with Crippen LogP contribution in [0.25, 0.3) is 33.4 Å². The largest absolute Gasteiger partial charge is 0.383 e. The lowest BCUT2D eigenvalue weighted by Gasteiger charge is -2.23. The fraction of sp³-hybridized carbons (Fsp3) is 0.310. The zero-order chi connectivity index (χ0) is 35.3. The average molecular weight is 687 g/mol. The van der Waals surface area contributed by atoms with E-state index in [1.54, 1.807) is 30.6 Å². The Morgan fingerprint density at radius 3 is 2.14 bits per heavy atom. The predicted octanol–water partition coefficient (Wildman–Crippen LogP) is 7.92. The normalized spacial score (nSPS) is 15.5. The molecule has 0 bridgehead atoms. The molecule has 1 amide bonds. The fourth-order valence-electron chi connectivity index (χ4n) is 7.01. The summed E-state index contributed by atoms with van der Waals surface area (Å²) in [7, 11) is 0. The van der Waals surface area contributed by atoms with Gasteiger partial charge in [-0.1, -0.05) is 54.1 Å². The monoisotopic (exact) mass is 686 g/mol. The Kier molecular flexibility index (Phi) is 10.4. The van der Waals surface area contributed by atoms with Crippen molar-refractivity contribution in [2.24, 2.45) is 11.8 Å². The molecule has 2 fully saturated rings. The first kappa shape index (κ1) is 34.3. The predicted molar refractivity (Wildman–Crippen MR) is 199 cm³/mol. The average Bonchev–Trinajstić information content (AvgIpc) is 3.15. The third-order valence-electron chi connectivity index (χ3n) is 10.1. The van der Waals surface area contributed by atoms with Gasteiger partial charge in [-0.2, -0.15) is 0 Å². The molecule has 8 nitrogen and oxygen atoms in total.